The first kappa shape index (κ1) is 14.6. The fraction of sp³-hybridized carbons (Fsp3) is 0.125. The summed E-state index contributed by atoms with van der Waals surface area (Å²) in [4.78, 5) is 38.9. The molecule has 5 nitrogen and oxygen atoms in total. The van der Waals surface area contributed by atoms with Gasteiger partial charge in [0.15, 0.2) is 0 Å². The van der Waals surface area contributed by atoms with Gasteiger partial charge in [-0.05, 0) is 17.7 Å². The van der Waals surface area contributed by atoms with Gasteiger partial charge in [-0.15, -0.1) is 0 Å². The van der Waals surface area contributed by atoms with Crippen LogP contribution in [0.4, 0.5) is 0 Å². The molecule has 2 amide bonds. The van der Waals surface area contributed by atoms with E-state index in [9.17, 15) is 14.4 Å². The molecule has 0 bridgehead atoms. The van der Waals surface area contributed by atoms with Crippen molar-refractivity contribution in [1.29, 1.82) is 0 Å². The van der Waals surface area contributed by atoms with Gasteiger partial charge in [-0.1, -0.05) is 30.3 Å². The minimum absolute atomic E-state index is 0.178. The number of hydrogen-bond donors (Lipinski definition) is 1. The molecule has 0 saturated carbocycles. The molecule has 0 fully saturated rings. The summed E-state index contributed by atoms with van der Waals surface area (Å²) in [6.45, 7) is 0. The molecule has 0 aliphatic rings. The van der Waals surface area contributed by atoms with E-state index >= 15 is 0 Å². The summed E-state index contributed by atoms with van der Waals surface area (Å²) in [7, 11) is 0. The van der Waals surface area contributed by atoms with Crippen molar-refractivity contribution in [2.45, 2.75) is 12.8 Å². The number of rotatable bonds is 5. The third-order valence-electron chi connectivity index (χ3n) is 2.80. The normalized spacial score (nSPS) is 9.90. The number of pyridine rings is 1. The molecule has 0 spiro atoms. The zero-order chi connectivity index (χ0) is 15.1. The first-order chi connectivity index (χ1) is 10.1. The Hall–Kier alpha value is -2.82. The molecule has 1 N–H and O–H groups in total. The van der Waals surface area contributed by atoms with Crippen molar-refractivity contribution >= 4 is 17.6 Å². The standard InChI is InChI=1S/C16H14N2O3/c19-14(10-12-4-2-1-3-5-12)11-15(20)18-16(21)13-6-8-17-9-7-13/h1-9H,10-11H2,(H,18,20,21). The van der Waals surface area contributed by atoms with E-state index in [2.05, 4.69) is 10.3 Å². The van der Waals surface area contributed by atoms with Gasteiger partial charge in [0.1, 0.15) is 5.78 Å². The Kier molecular flexibility index (Phi) is 4.93. The van der Waals surface area contributed by atoms with E-state index in [1.165, 1.54) is 24.5 Å². The highest BCUT2D eigenvalue weighted by Gasteiger charge is 2.14. The summed E-state index contributed by atoms with van der Waals surface area (Å²) in [5.41, 5.74) is 1.17. The molecular weight excluding hydrogens is 268 g/mol. The van der Waals surface area contributed by atoms with Gasteiger partial charge in [-0.3, -0.25) is 24.7 Å². The van der Waals surface area contributed by atoms with E-state index in [0.29, 0.717) is 5.56 Å². The van der Waals surface area contributed by atoms with Crippen LogP contribution in [0.5, 0.6) is 0 Å². The summed E-state index contributed by atoms with van der Waals surface area (Å²) >= 11 is 0. The lowest BCUT2D eigenvalue weighted by Crippen LogP contribution is -2.32. The number of aromatic nitrogens is 1. The van der Waals surface area contributed by atoms with E-state index in [4.69, 9.17) is 0 Å². The van der Waals surface area contributed by atoms with Gasteiger partial charge in [-0.2, -0.15) is 0 Å². The average molecular weight is 282 g/mol. The predicted molar refractivity (Wildman–Crippen MR) is 76.5 cm³/mol. The Morgan fingerprint density at radius 2 is 1.62 bits per heavy atom. The van der Waals surface area contributed by atoms with Crippen LogP contribution in [-0.2, 0) is 16.0 Å². The number of imide groups is 1. The number of ketones is 1. The van der Waals surface area contributed by atoms with Crippen LogP contribution >= 0.6 is 0 Å². The predicted octanol–water partition coefficient (Wildman–Crippen LogP) is 1.54. The number of Topliss-reactive ketones (excluding diaryl/α,β-unsaturated/α-hetero) is 1. The van der Waals surface area contributed by atoms with Gasteiger partial charge in [0.05, 0.1) is 6.42 Å². The molecule has 1 aromatic heterocycles. The van der Waals surface area contributed by atoms with Gasteiger partial charge in [0.2, 0.25) is 5.91 Å². The molecule has 0 aliphatic carbocycles. The first-order valence-corrected chi connectivity index (χ1v) is 6.45. The van der Waals surface area contributed by atoms with Crippen molar-refractivity contribution < 1.29 is 14.4 Å². The summed E-state index contributed by atoms with van der Waals surface area (Å²) in [5, 5.41) is 2.19. The zero-order valence-electron chi connectivity index (χ0n) is 11.3. The van der Waals surface area contributed by atoms with Crippen molar-refractivity contribution in [3.05, 3.63) is 66.0 Å². The smallest absolute Gasteiger partial charge is 0.257 e. The lowest BCUT2D eigenvalue weighted by molar-refractivity contribution is -0.127. The zero-order valence-corrected chi connectivity index (χ0v) is 11.3. The fourth-order valence-corrected chi connectivity index (χ4v) is 1.81. The van der Waals surface area contributed by atoms with Crippen LogP contribution in [0.1, 0.15) is 22.3 Å². The quantitative estimate of drug-likeness (QED) is 0.844. The van der Waals surface area contributed by atoms with Crippen LogP contribution < -0.4 is 5.32 Å². The van der Waals surface area contributed by atoms with Crippen LogP contribution in [0.2, 0.25) is 0 Å². The summed E-state index contributed by atoms with van der Waals surface area (Å²) < 4.78 is 0. The second-order valence-corrected chi connectivity index (χ2v) is 4.49. The van der Waals surface area contributed by atoms with Crippen LogP contribution in [0.15, 0.2) is 54.9 Å². The van der Waals surface area contributed by atoms with Crippen molar-refractivity contribution in [2.24, 2.45) is 0 Å². The topological polar surface area (TPSA) is 76.1 Å². The summed E-state index contributed by atoms with van der Waals surface area (Å²) in [6.07, 6.45) is 2.78. The molecule has 0 aliphatic heterocycles. The number of benzene rings is 1. The lowest BCUT2D eigenvalue weighted by atomic mass is 10.1. The van der Waals surface area contributed by atoms with E-state index in [1.54, 1.807) is 0 Å². The molecule has 2 aromatic rings. The summed E-state index contributed by atoms with van der Waals surface area (Å²) in [6, 6.07) is 12.1. The number of amides is 2. The van der Waals surface area contributed by atoms with E-state index in [1.807, 2.05) is 30.3 Å². The molecule has 1 aromatic carbocycles. The monoisotopic (exact) mass is 282 g/mol. The Balaban J connectivity index is 1.84. The second-order valence-electron chi connectivity index (χ2n) is 4.49. The molecule has 0 unspecified atom stereocenters. The maximum atomic E-state index is 11.8. The highest BCUT2D eigenvalue weighted by Crippen LogP contribution is 2.02. The maximum Gasteiger partial charge on any atom is 0.257 e. The summed E-state index contributed by atoms with van der Waals surface area (Å²) in [5.74, 6) is -1.37. The van der Waals surface area contributed by atoms with Crippen LogP contribution in [-0.4, -0.2) is 22.6 Å². The first-order valence-electron chi connectivity index (χ1n) is 6.45. The third-order valence-corrected chi connectivity index (χ3v) is 2.80. The van der Waals surface area contributed by atoms with Gasteiger partial charge in [-0.25, -0.2) is 0 Å². The molecule has 5 heteroatoms. The van der Waals surface area contributed by atoms with E-state index < -0.39 is 11.8 Å². The SMILES string of the molecule is O=C(CC(=O)NC(=O)c1ccncc1)Cc1ccccc1. The molecule has 21 heavy (non-hydrogen) atoms. The highest BCUT2D eigenvalue weighted by atomic mass is 16.2. The second kappa shape index (κ2) is 7.09. The average Bonchev–Trinajstić information content (AvgIpc) is 2.48. The van der Waals surface area contributed by atoms with Gasteiger partial charge >= 0.3 is 0 Å². The van der Waals surface area contributed by atoms with E-state index in [0.717, 1.165) is 5.56 Å². The van der Waals surface area contributed by atoms with E-state index in [-0.39, 0.29) is 18.6 Å². The highest BCUT2D eigenvalue weighted by molar-refractivity contribution is 6.09. The number of carbonyl (C=O) groups is 3. The van der Waals surface area contributed by atoms with Gasteiger partial charge in [0, 0.05) is 24.4 Å². The Labute approximate surface area is 122 Å². The van der Waals surface area contributed by atoms with Gasteiger partial charge in [0.25, 0.3) is 5.91 Å². The molecule has 106 valence electrons. The minimum Gasteiger partial charge on any atom is -0.299 e. The minimum atomic E-state index is -0.599. The van der Waals surface area contributed by atoms with Crippen molar-refractivity contribution in [3.63, 3.8) is 0 Å². The number of nitrogens with zero attached hydrogens (tertiary/aromatic N) is 1. The Bertz CT molecular complexity index is 639. The van der Waals surface area contributed by atoms with Crippen molar-refractivity contribution in [3.8, 4) is 0 Å². The molecule has 2 rings (SSSR count). The number of hydrogen-bond acceptors (Lipinski definition) is 4. The van der Waals surface area contributed by atoms with Crippen LogP contribution in [0.25, 0.3) is 0 Å². The Morgan fingerprint density at radius 3 is 2.29 bits per heavy atom. The molecule has 1 heterocycles. The molecule has 0 saturated heterocycles. The fourth-order valence-electron chi connectivity index (χ4n) is 1.81. The largest absolute Gasteiger partial charge is 0.299 e. The molecule has 0 radical (unpaired) electrons. The molecular formula is C16H14N2O3. The number of nitrogens with one attached hydrogen (secondary N) is 1. The van der Waals surface area contributed by atoms with Crippen LogP contribution in [0, 0.1) is 0 Å². The van der Waals surface area contributed by atoms with Crippen molar-refractivity contribution in [1.82, 2.24) is 10.3 Å². The Morgan fingerprint density at radius 1 is 0.952 bits per heavy atom. The number of carbonyl (C=O) groups excluding carboxylic acids is 3. The van der Waals surface area contributed by atoms with Gasteiger partial charge < -0.3 is 0 Å². The van der Waals surface area contributed by atoms with Crippen LogP contribution in [0.3, 0.4) is 0 Å². The third kappa shape index (κ3) is 4.65. The van der Waals surface area contributed by atoms with Crippen molar-refractivity contribution in [2.75, 3.05) is 0 Å². The molecule has 0 atom stereocenters. The lowest BCUT2D eigenvalue weighted by Gasteiger charge is -2.04. The maximum absolute atomic E-state index is 11.8.